The summed E-state index contributed by atoms with van der Waals surface area (Å²) in [6, 6.07) is 10.5. The van der Waals surface area contributed by atoms with Crippen LogP contribution in [0.25, 0.3) is 0 Å². The maximum absolute atomic E-state index is 12.6. The van der Waals surface area contributed by atoms with Crippen LogP contribution in [-0.4, -0.2) is 40.2 Å². The van der Waals surface area contributed by atoms with E-state index in [2.05, 4.69) is 60.4 Å². The van der Waals surface area contributed by atoms with E-state index in [4.69, 9.17) is 0 Å². The minimum absolute atomic E-state index is 0.0163. The number of hydrogen-bond acceptors (Lipinski definition) is 3. The summed E-state index contributed by atoms with van der Waals surface area (Å²) in [5.41, 5.74) is 4.39. The van der Waals surface area contributed by atoms with Gasteiger partial charge in [-0.15, -0.1) is 0 Å². The van der Waals surface area contributed by atoms with Crippen molar-refractivity contribution < 1.29 is 4.79 Å². The highest BCUT2D eigenvalue weighted by Gasteiger charge is 2.24. The Bertz CT molecular complexity index is 780. The minimum Gasteiger partial charge on any atom is -0.350 e. The summed E-state index contributed by atoms with van der Waals surface area (Å²) in [6.45, 7) is 10.4. The molecule has 1 saturated heterocycles. The van der Waals surface area contributed by atoms with E-state index < -0.39 is 0 Å². The summed E-state index contributed by atoms with van der Waals surface area (Å²) in [6.07, 6.45) is 2.04. The highest BCUT2D eigenvalue weighted by atomic mass is 16.2. The van der Waals surface area contributed by atoms with Gasteiger partial charge in [0.15, 0.2) is 0 Å². The van der Waals surface area contributed by atoms with E-state index in [1.807, 2.05) is 13.1 Å². The Balaban J connectivity index is 1.49. The SMILES string of the molecule is Cc1ccccc1CN1CC[C@H](CNC(=O)c2cc(CC(C)C)nn2C)C1. The molecule has 3 rings (SSSR count). The summed E-state index contributed by atoms with van der Waals surface area (Å²) >= 11 is 0. The van der Waals surface area contributed by atoms with E-state index in [0.29, 0.717) is 17.5 Å². The van der Waals surface area contributed by atoms with Gasteiger partial charge in [-0.2, -0.15) is 5.10 Å². The Kier molecular flexibility index (Phi) is 6.32. The van der Waals surface area contributed by atoms with Crippen molar-refractivity contribution in [3.05, 3.63) is 52.8 Å². The maximum atomic E-state index is 12.6. The standard InChI is InChI=1S/C22H32N4O/c1-16(2)11-20-12-21(25(4)24-20)22(27)23-13-18-9-10-26(14-18)15-19-8-6-5-7-17(19)3/h5-8,12,16,18H,9-11,13-15H2,1-4H3,(H,23,27)/t18-/m1/s1. The van der Waals surface area contributed by atoms with Gasteiger partial charge in [0.25, 0.3) is 5.91 Å². The summed E-state index contributed by atoms with van der Waals surface area (Å²) in [7, 11) is 1.85. The summed E-state index contributed by atoms with van der Waals surface area (Å²) in [5, 5.41) is 7.58. The molecule has 1 fully saturated rings. The van der Waals surface area contributed by atoms with Gasteiger partial charge in [-0.3, -0.25) is 14.4 Å². The average molecular weight is 369 g/mol. The quantitative estimate of drug-likeness (QED) is 0.817. The van der Waals surface area contributed by atoms with Gasteiger partial charge in [-0.05, 0) is 55.3 Å². The van der Waals surface area contributed by atoms with E-state index in [9.17, 15) is 4.79 Å². The predicted molar refractivity (Wildman–Crippen MR) is 109 cm³/mol. The first-order valence-corrected chi connectivity index (χ1v) is 10.0. The van der Waals surface area contributed by atoms with Crippen LogP contribution in [0.1, 0.15) is 47.6 Å². The monoisotopic (exact) mass is 368 g/mol. The number of hydrogen-bond donors (Lipinski definition) is 1. The molecule has 1 aliphatic heterocycles. The lowest BCUT2D eigenvalue weighted by Crippen LogP contribution is -2.32. The van der Waals surface area contributed by atoms with Crippen molar-refractivity contribution in [1.29, 1.82) is 0 Å². The first-order chi connectivity index (χ1) is 12.9. The van der Waals surface area contributed by atoms with Gasteiger partial charge >= 0.3 is 0 Å². The number of carbonyl (C=O) groups is 1. The number of nitrogens with one attached hydrogen (secondary N) is 1. The lowest BCUT2D eigenvalue weighted by Gasteiger charge is -2.17. The van der Waals surface area contributed by atoms with Crippen LogP contribution in [0.5, 0.6) is 0 Å². The van der Waals surface area contributed by atoms with Gasteiger partial charge in [-0.1, -0.05) is 38.1 Å². The molecule has 5 nitrogen and oxygen atoms in total. The van der Waals surface area contributed by atoms with Crippen LogP contribution in [0.3, 0.4) is 0 Å². The molecule has 1 amide bonds. The number of nitrogens with zero attached hydrogens (tertiary/aromatic N) is 3. The van der Waals surface area contributed by atoms with Crippen molar-refractivity contribution in [1.82, 2.24) is 20.0 Å². The van der Waals surface area contributed by atoms with Crippen LogP contribution >= 0.6 is 0 Å². The van der Waals surface area contributed by atoms with Crippen LogP contribution in [0.2, 0.25) is 0 Å². The van der Waals surface area contributed by atoms with Crippen LogP contribution in [0, 0.1) is 18.8 Å². The van der Waals surface area contributed by atoms with Crippen molar-refractivity contribution >= 4 is 5.91 Å². The smallest absolute Gasteiger partial charge is 0.269 e. The van der Waals surface area contributed by atoms with Crippen LogP contribution < -0.4 is 5.32 Å². The van der Waals surface area contributed by atoms with E-state index in [1.165, 1.54) is 11.1 Å². The molecule has 5 heteroatoms. The zero-order chi connectivity index (χ0) is 19.4. The van der Waals surface area contributed by atoms with Gasteiger partial charge < -0.3 is 5.32 Å². The Morgan fingerprint density at radius 2 is 2.11 bits per heavy atom. The summed E-state index contributed by atoms with van der Waals surface area (Å²) in [4.78, 5) is 15.0. The molecule has 1 aliphatic rings. The Labute approximate surface area is 162 Å². The lowest BCUT2D eigenvalue weighted by atomic mass is 10.1. The maximum Gasteiger partial charge on any atom is 0.269 e. The molecule has 0 saturated carbocycles. The second kappa shape index (κ2) is 8.70. The zero-order valence-electron chi connectivity index (χ0n) is 17.0. The topological polar surface area (TPSA) is 50.2 Å². The highest BCUT2D eigenvalue weighted by Crippen LogP contribution is 2.19. The molecule has 1 atom stereocenters. The first kappa shape index (κ1) is 19.6. The largest absolute Gasteiger partial charge is 0.350 e. The molecule has 146 valence electrons. The van der Waals surface area contributed by atoms with Crippen molar-refractivity contribution in [2.75, 3.05) is 19.6 Å². The molecular formula is C22H32N4O. The van der Waals surface area contributed by atoms with Crippen LogP contribution in [-0.2, 0) is 20.0 Å². The molecule has 0 aliphatic carbocycles. The fraction of sp³-hybridized carbons (Fsp3) is 0.545. The third-order valence-corrected chi connectivity index (χ3v) is 5.36. The van der Waals surface area contributed by atoms with E-state index >= 15 is 0 Å². The molecule has 2 heterocycles. The zero-order valence-corrected chi connectivity index (χ0v) is 17.0. The molecule has 1 aromatic carbocycles. The summed E-state index contributed by atoms with van der Waals surface area (Å²) < 4.78 is 1.70. The van der Waals surface area contributed by atoms with Gasteiger partial charge in [0.2, 0.25) is 0 Å². The number of aryl methyl sites for hydroxylation is 2. The van der Waals surface area contributed by atoms with Crippen LogP contribution in [0.15, 0.2) is 30.3 Å². The summed E-state index contributed by atoms with van der Waals surface area (Å²) in [5.74, 6) is 1.03. The Morgan fingerprint density at radius 3 is 2.85 bits per heavy atom. The molecular weight excluding hydrogens is 336 g/mol. The second-order valence-corrected chi connectivity index (χ2v) is 8.27. The number of aromatic nitrogens is 2. The van der Waals surface area contributed by atoms with Gasteiger partial charge in [-0.25, -0.2) is 0 Å². The third kappa shape index (κ3) is 5.19. The molecule has 27 heavy (non-hydrogen) atoms. The van der Waals surface area contributed by atoms with Gasteiger partial charge in [0, 0.05) is 26.7 Å². The van der Waals surface area contributed by atoms with Crippen molar-refractivity contribution in [2.45, 2.75) is 40.2 Å². The molecule has 2 aromatic rings. The molecule has 1 aromatic heterocycles. The van der Waals surface area contributed by atoms with E-state index in [1.54, 1.807) is 4.68 Å². The molecule has 1 N–H and O–H groups in total. The number of rotatable bonds is 7. The number of benzene rings is 1. The minimum atomic E-state index is -0.0163. The second-order valence-electron chi connectivity index (χ2n) is 8.27. The normalized spacial score (nSPS) is 17.6. The molecule has 0 bridgehead atoms. The van der Waals surface area contributed by atoms with Crippen molar-refractivity contribution in [3.63, 3.8) is 0 Å². The Morgan fingerprint density at radius 1 is 1.33 bits per heavy atom. The molecule has 0 radical (unpaired) electrons. The van der Waals surface area contributed by atoms with Crippen LogP contribution in [0.4, 0.5) is 0 Å². The Hall–Kier alpha value is -2.14. The first-order valence-electron chi connectivity index (χ1n) is 10.0. The van der Waals surface area contributed by atoms with Crippen molar-refractivity contribution in [2.24, 2.45) is 18.9 Å². The fourth-order valence-corrected chi connectivity index (χ4v) is 3.84. The highest BCUT2D eigenvalue weighted by molar-refractivity contribution is 5.92. The number of carbonyl (C=O) groups excluding carboxylic acids is 1. The van der Waals surface area contributed by atoms with Gasteiger partial charge in [0.1, 0.15) is 5.69 Å². The van der Waals surface area contributed by atoms with E-state index in [0.717, 1.165) is 44.7 Å². The number of likely N-dealkylation sites (tertiary alicyclic amines) is 1. The fourth-order valence-electron chi connectivity index (χ4n) is 3.84. The van der Waals surface area contributed by atoms with E-state index in [-0.39, 0.29) is 5.91 Å². The number of amides is 1. The van der Waals surface area contributed by atoms with Gasteiger partial charge in [0.05, 0.1) is 5.69 Å². The molecule has 0 unspecified atom stereocenters. The lowest BCUT2D eigenvalue weighted by molar-refractivity contribution is 0.0938. The average Bonchev–Trinajstić information content (AvgIpc) is 3.20. The molecule has 0 spiro atoms. The van der Waals surface area contributed by atoms with Crippen molar-refractivity contribution in [3.8, 4) is 0 Å². The third-order valence-electron chi connectivity index (χ3n) is 5.36. The predicted octanol–water partition coefficient (Wildman–Crippen LogP) is 3.18.